The van der Waals surface area contributed by atoms with Gasteiger partial charge in [-0.15, -0.1) is 0 Å². The van der Waals surface area contributed by atoms with Crippen LogP contribution in [0.2, 0.25) is 0 Å². The Kier molecular flexibility index (Phi) is 2.12. The van der Waals surface area contributed by atoms with Gasteiger partial charge in [0.15, 0.2) is 0 Å². The predicted molar refractivity (Wildman–Crippen MR) is 42.9 cm³/mol. The summed E-state index contributed by atoms with van der Waals surface area (Å²) in [5.74, 6) is 0. The molecule has 2 heteroatoms. The average molecular weight is 138 g/mol. The second-order valence-electron chi connectivity index (χ2n) is 2.63. The zero-order valence-corrected chi connectivity index (χ0v) is 6.81. The minimum atomic E-state index is 0.960. The molecule has 10 heavy (non-hydrogen) atoms. The van der Waals surface area contributed by atoms with E-state index in [1.807, 2.05) is 7.05 Å². The van der Waals surface area contributed by atoms with Gasteiger partial charge in [0.1, 0.15) is 0 Å². The van der Waals surface area contributed by atoms with Crippen molar-refractivity contribution in [3.63, 3.8) is 0 Å². The van der Waals surface area contributed by atoms with Crippen LogP contribution in [-0.2, 0) is 13.6 Å². The van der Waals surface area contributed by atoms with Crippen LogP contribution in [0.15, 0.2) is 12.3 Å². The summed E-state index contributed by atoms with van der Waals surface area (Å²) >= 11 is 0. The zero-order valence-electron chi connectivity index (χ0n) is 6.81. The van der Waals surface area contributed by atoms with E-state index in [-0.39, 0.29) is 0 Å². The molecule has 0 bridgehead atoms. The SMILES string of the molecule is CNCc1cc(C)n(C)c1. The van der Waals surface area contributed by atoms with Crippen molar-refractivity contribution in [3.8, 4) is 0 Å². The Morgan fingerprint density at radius 2 is 2.30 bits per heavy atom. The van der Waals surface area contributed by atoms with Gasteiger partial charge < -0.3 is 9.88 Å². The summed E-state index contributed by atoms with van der Waals surface area (Å²) in [5.41, 5.74) is 2.66. The van der Waals surface area contributed by atoms with Crippen molar-refractivity contribution in [3.05, 3.63) is 23.5 Å². The molecule has 0 amide bonds. The van der Waals surface area contributed by atoms with Crippen LogP contribution >= 0.6 is 0 Å². The van der Waals surface area contributed by atoms with Crippen LogP contribution in [0.25, 0.3) is 0 Å². The Morgan fingerprint density at radius 1 is 1.60 bits per heavy atom. The minimum Gasteiger partial charge on any atom is -0.354 e. The van der Waals surface area contributed by atoms with Crippen LogP contribution in [0.1, 0.15) is 11.3 Å². The van der Waals surface area contributed by atoms with Gasteiger partial charge in [0.05, 0.1) is 0 Å². The number of nitrogens with one attached hydrogen (secondary N) is 1. The van der Waals surface area contributed by atoms with Crippen LogP contribution in [-0.4, -0.2) is 11.6 Å². The Morgan fingerprint density at radius 3 is 2.70 bits per heavy atom. The summed E-state index contributed by atoms with van der Waals surface area (Å²) in [7, 11) is 4.02. The third-order valence-electron chi connectivity index (χ3n) is 1.69. The van der Waals surface area contributed by atoms with Gasteiger partial charge in [0, 0.05) is 25.5 Å². The lowest BCUT2D eigenvalue weighted by Gasteiger charge is -1.91. The van der Waals surface area contributed by atoms with E-state index in [2.05, 4.69) is 36.1 Å². The van der Waals surface area contributed by atoms with Gasteiger partial charge >= 0.3 is 0 Å². The molecule has 0 atom stereocenters. The van der Waals surface area contributed by atoms with Crippen molar-refractivity contribution in [1.82, 2.24) is 9.88 Å². The van der Waals surface area contributed by atoms with E-state index in [0.717, 1.165) is 6.54 Å². The minimum absolute atomic E-state index is 0.960. The lowest BCUT2D eigenvalue weighted by Crippen LogP contribution is -2.03. The molecule has 0 saturated heterocycles. The van der Waals surface area contributed by atoms with Crippen molar-refractivity contribution in [1.29, 1.82) is 0 Å². The van der Waals surface area contributed by atoms with E-state index < -0.39 is 0 Å². The Labute approximate surface area is 61.9 Å². The third-order valence-corrected chi connectivity index (χ3v) is 1.69. The molecule has 0 radical (unpaired) electrons. The van der Waals surface area contributed by atoms with Crippen molar-refractivity contribution in [2.75, 3.05) is 7.05 Å². The smallest absolute Gasteiger partial charge is 0.0217 e. The van der Waals surface area contributed by atoms with E-state index in [9.17, 15) is 0 Å². The molecule has 0 unspecified atom stereocenters. The highest BCUT2D eigenvalue weighted by Crippen LogP contribution is 2.04. The van der Waals surface area contributed by atoms with Crippen molar-refractivity contribution < 1.29 is 0 Å². The molecular formula is C8H14N2. The van der Waals surface area contributed by atoms with Crippen molar-refractivity contribution in [2.24, 2.45) is 7.05 Å². The highest BCUT2D eigenvalue weighted by molar-refractivity contribution is 5.16. The molecule has 0 aliphatic heterocycles. The second kappa shape index (κ2) is 2.88. The summed E-state index contributed by atoms with van der Waals surface area (Å²) in [6.07, 6.45) is 2.14. The fourth-order valence-corrected chi connectivity index (χ4v) is 1.06. The molecule has 0 aromatic carbocycles. The first-order valence-corrected chi connectivity index (χ1v) is 3.50. The first-order chi connectivity index (χ1) is 4.74. The molecule has 0 aliphatic carbocycles. The molecule has 1 N–H and O–H groups in total. The molecule has 0 spiro atoms. The normalized spacial score (nSPS) is 10.3. The Balaban J connectivity index is 2.77. The summed E-state index contributed by atoms with van der Waals surface area (Å²) < 4.78 is 2.13. The first-order valence-electron chi connectivity index (χ1n) is 3.50. The van der Waals surface area contributed by atoms with E-state index in [0.29, 0.717) is 0 Å². The highest BCUT2D eigenvalue weighted by Gasteiger charge is 1.95. The number of hydrogen-bond acceptors (Lipinski definition) is 1. The average Bonchev–Trinajstić information content (AvgIpc) is 2.14. The van der Waals surface area contributed by atoms with Gasteiger partial charge in [-0.1, -0.05) is 0 Å². The largest absolute Gasteiger partial charge is 0.354 e. The van der Waals surface area contributed by atoms with Crippen molar-refractivity contribution >= 4 is 0 Å². The molecule has 0 aliphatic rings. The Hall–Kier alpha value is -0.760. The molecule has 1 aromatic rings. The fourth-order valence-electron chi connectivity index (χ4n) is 1.06. The maximum absolute atomic E-state index is 3.11. The number of aromatic nitrogens is 1. The van der Waals surface area contributed by atoms with Crippen LogP contribution < -0.4 is 5.32 Å². The summed E-state index contributed by atoms with van der Waals surface area (Å²) in [4.78, 5) is 0. The molecular weight excluding hydrogens is 124 g/mol. The number of nitrogens with zero attached hydrogens (tertiary/aromatic N) is 1. The number of hydrogen-bond donors (Lipinski definition) is 1. The predicted octanol–water partition coefficient (Wildman–Crippen LogP) is 1.05. The summed E-state index contributed by atoms with van der Waals surface area (Å²) in [6, 6.07) is 2.19. The molecule has 1 heterocycles. The van der Waals surface area contributed by atoms with Gasteiger partial charge in [-0.3, -0.25) is 0 Å². The van der Waals surface area contributed by atoms with Gasteiger partial charge in [-0.25, -0.2) is 0 Å². The molecule has 0 fully saturated rings. The lowest BCUT2D eigenvalue weighted by atomic mass is 10.3. The molecule has 56 valence electrons. The fraction of sp³-hybridized carbons (Fsp3) is 0.500. The van der Waals surface area contributed by atoms with Crippen LogP contribution in [0.5, 0.6) is 0 Å². The van der Waals surface area contributed by atoms with E-state index >= 15 is 0 Å². The van der Waals surface area contributed by atoms with Gasteiger partial charge in [0.25, 0.3) is 0 Å². The first kappa shape index (κ1) is 7.35. The highest BCUT2D eigenvalue weighted by atomic mass is 14.9. The van der Waals surface area contributed by atoms with Crippen LogP contribution in [0.3, 0.4) is 0 Å². The topological polar surface area (TPSA) is 17.0 Å². The van der Waals surface area contributed by atoms with E-state index in [4.69, 9.17) is 0 Å². The summed E-state index contributed by atoms with van der Waals surface area (Å²) in [5, 5.41) is 3.11. The summed E-state index contributed by atoms with van der Waals surface area (Å²) in [6.45, 7) is 3.07. The van der Waals surface area contributed by atoms with Gasteiger partial charge in [-0.2, -0.15) is 0 Å². The number of aryl methyl sites for hydroxylation is 2. The van der Waals surface area contributed by atoms with Crippen LogP contribution in [0.4, 0.5) is 0 Å². The molecule has 2 nitrogen and oxygen atoms in total. The maximum Gasteiger partial charge on any atom is 0.0217 e. The third kappa shape index (κ3) is 1.39. The second-order valence-corrected chi connectivity index (χ2v) is 2.63. The van der Waals surface area contributed by atoms with Gasteiger partial charge in [0.2, 0.25) is 0 Å². The Bertz CT molecular complexity index is 194. The molecule has 0 saturated carbocycles. The monoisotopic (exact) mass is 138 g/mol. The molecule has 1 aromatic heterocycles. The lowest BCUT2D eigenvalue weighted by molar-refractivity contribution is 0.810. The van der Waals surface area contributed by atoms with E-state index in [1.165, 1.54) is 11.3 Å². The maximum atomic E-state index is 3.11. The zero-order chi connectivity index (χ0) is 7.56. The standard InChI is InChI=1S/C8H14N2/c1-7-4-8(5-9-2)6-10(7)3/h4,6,9H,5H2,1-3H3. The van der Waals surface area contributed by atoms with Crippen molar-refractivity contribution in [2.45, 2.75) is 13.5 Å². The quantitative estimate of drug-likeness (QED) is 0.646. The molecule has 1 rings (SSSR count). The van der Waals surface area contributed by atoms with E-state index in [1.54, 1.807) is 0 Å². The van der Waals surface area contributed by atoms with Crippen LogP contribution in [0, 0.1) is 6.92 Å². The number of rotatable bonds is 2. The van der Waals surface area contributed by atoms with Gasteiger partial charge in [-0.05, 0) is 25.6 Å².